The Kier molecular flexibility index (Phi) is 5.84. The van der Waals surface area contributed by atoms with Crippen molar-refractivity contribution in [3.05, 3.63) is 78.8 Å². The monoisotopic (exact) mass is 516 g/mol. The molecule has 2 aromatic carbocycles. The van der Waals surface area contributed by atoms with Crippen LogP contribution in [0.3, 0.4) is 0 Å². The minimum Gasteiger partial charge on any atom is -0.366 e. The molecule has 0 radical (unpaired) electrons. The first-order valence-electron chi connectivity index (χ1n) is 12.4. The number of carbonyl (C=O) groups excluding carboxylic acids is 2. The van der Waals surface area contributed by atoms with Crippen LogP contribution in [0.25, 0.3) is 55.8 Å². The Morgan fingerprint density at radius 1 is 0.949 bits per heavy atom. The van der Waals surface area contributed by atoms with Crippen molar-refractivity contribution in [2.75, 3.05) is 5.32 Å². The second kappa shape index (κ2) is 9.49. The zero-order valence-electron chi connectivity index (χ0n) is 21.2. The fourth-order valence-electron chi connectivity index (χ4n) is 4.39. The Morgan fingerprint density at radius 2 is 1.74 bits per heavy atom. The molecule has 39 heavy (non-hydrogen) atoms. The van der Waals surface area contributed by atoms with E-state index in [-0.39, 0.29) is 11.8 Å². The summed E-state index contributed by atoms with van der Waals surface area (Å²) in [4.78, 5) is 40.7. The lowest BCUT2D eigenvalue weighted by molar-refractivity contribution is -0.118. The number of para-hydroxylation sites is 1. The van der Waals surface area contributed by atoms with E-state index in [0.29, 0.717) is 28.4 Å². The number of aromatic nitrogens is 6. The van der Waals surface area contributed by atoms with Gasteiger partial charge in [-0.05, 0) is 35.9 Å². The molecule has 0 aliphatic rings. The lowest BCUT2D eigenvalue weighted by Gasteiger charge is -2.09. The van der Waals surface area contributed by atoms with Crippen molar-refractivity contribution in [1.82, 2.24) is 30.1 Å². The molecule has 4 aromatic heterocycles. The number of amides is 2. The van der Waals surface area contributed by atoms with Gasteiger partial charge in [0, 0.05) is 40.6 Å². The highest BCUT2D eigenvalue weighted by Gasteiger charge is 2.17. The van der Waals surface area contributed by atoms with Gasteiger partial charge in [-0.2, -0.15) is 5.10 Å². The summed E-state index contributed by atoms with van der Waals surface area (Å²) in [6, 6.07) is 16.9. The van der Waals surface area contributed by atoms with Crippen molar-refractivity contribution in [1.29, 1.82) is 0 Å². The molecule has 0 atom stereocenters. The van der Waals surface area contributed by atoms with E-state index >= 15 is 0 Å². The summed E-state index contributed by atoms with van der Waals surface area (Å²) in [5, 5.41) is 11.1. The van der Waals surface area contributed by atoms with Gasteiger partial charge in [0.25, 0.3) is 0 Å². The molecular weight excluding hydrogens is 492 g/mol. The minimum atomic E-state index is -0.469. The van der Waals surface area contributed by atoms with E-state index in [1.54, 1.807) is 30.7 Å². The van der Waals surface area contributed by atoms with Gasteiger partial charge in [0.1, 0.15) is 5.69 Å². The number of hydrogen-bond acceptors (Lipinski definition) is 6. The molecule has 0 saturated heterocycles. The molecule has 192 valence electrons. The average Bonchev–Trinajstić information content (AvgIpc) is 3.57. The molecule has 5 N–H and O–H groups in total. The number of H-pyrrole nitrogens is 2. The first-order valence-corrected chi connectivity index (χ1v) is 12.4. The summed E-state index contributed by atoms with van der Waals surface area (Å²) in [6.07, 6.45) is 5.07. The molecule has 0 spiro atoms. The zero-order chi connectivity index (χ0) is 27.1. The number of nitrogens with zero attached hydrogens (tertiary/aromatic N) is 4. The number of rotatable bonds is 6. The van der Waals surface area contributed by atoms with Crippen LogP contribution in [0.2, 0.25) is 0 Å². The Balaban J connectivity index is 1.39. The molecule has 0 bridgehead atoms. The largest absolute Gasteiger partial charge is 0.366 e. The Bertz CT molecular complexity index is 1870. The van der Waals surface area contributed by atoms with E-state index in [1.165, 1.54) is 0 Å². The van der Waals surface area contributed by atoms with Crippen molar-refractivity contribution < 1.29 is 9.59 Å². The van der Waals surface area contributed by atoms with E-state index < -0.39 is 5.91 Å². The number of aromatic amines is 2. The number of fused-ring (bicyclic) bond motifs is 2. The van der Waals surface area contributed by atoms with Crippen molar-refractivity contribution in [3.63, 3.8) is 0 Å². The van der Waals surface area contributed by atoms with Gasteiger partial charge in [0.05, 0.1) is 28.3 Å². The van der Waals surface area contributed by atoms with Gasteiger partial charge in [-0.15, -0.1) is 0 Å². The molecule has 10 heteroatoms. The molecule has 0 saturated carbocycles. The standard InChI is InChI=1S/C29H24N8O2/c1-15(2)29(39)33-20-10-18(12-31-14-20)19-11-22-25(36-37-27(22)32-13-19)28-34-23-5-3-4-21(24(23)35-28)16-6-8-17(9-7-16)26(30)38/h3-15H,1-2H3,(H2,30,38)(H,33,39)(H,34,35)(H,32,36,37). The summed E-state index contributed by atoms with van der Waals surface area (Å²) in [7, 11) is 0. The number of anilines is 1. The van der Waals surface area contributed by atoms with Gasteiger partial charge in [0.15, 0.2) is 11.5 Å². The minimum absolute atomic E-state index is 0.0762. The quantitative estimate of drug-likeness (QED) is 0.246. The number of primary amides is 1. The highest BCUT2D eigenvalue weighted by Crippen LogP contribution is 2.33. The second-order valence-corrected chi connectivity index (χ2v) is 9.53. The second-order valence-electron chi connectivity index (χ2n) is 9.53. The number of hydrogen-bond donors (Lipinski definition) is 4. The smallest absolute Gasteiger partial charge is 0.248 e. The van der Waals surface area contributed by atoms with Gasteiger partial charge in [-0.3, -0.25) is 19.7 Å². The van der Waals surface area contributed by atoms with Crippen molar-refractivity contribution in [3.8, 4) is 33.8 Å². The molecule has 0 unspecified atom stereocenters. The Labute approximate surface area is 222 Å². The molecular formula is C29H24N8O2. The first-order chi connectivity index (χ1) is 18.9. The maximum atomic E-state index is 12.1. The van der Waals surface area contributed by atoms with E-state index in [9.17, 15) is 9.59 Å². The van der Waals surface area contributed by atoms with Crippen molar-refractivity contribution >= 4 is 39.6 Å². The molecule has 0 aliphatic heterocycles. The molecule has 10 nitrogen and oxygen atoms in total. The summed E-state index contributed by atoms with van der Waals surface area (Å²) >= 11 is 0. The fraction of sp³-hybridized carbons (Fsp3) is 0.103. The SMILES string of the molecule is CC(C)C(=O)Nc1cncc(-c2cnc3n[nH]c(-c4nc5c(-c6ccc(C(N)=O)cc6)cccc5[nH]4)c3c2)c1. The third kappa shape index (κ3) is 4.48. The number of benzene rings is 2. The zero-order valence-corrected chi connectivity index (χ0v) is 21.2. The van der Waals surface area contributed by atoms with E-state index in [4.69, 9.17) is 10.7 Å². The highest BCUT2D eigenvalue weighted by atomic mass is 16.2. The molecule has 0 aliphatic carbocycles. The van der Waals surface area contributed by atoms with E-state index in [1.807, 2.05) is 56.3 Å². The van der Waals surface area contributed by atoms with Crippen LogP contribution in [-0.2, 0) is 4.79 Å². The number of nitrogens with one attached hydrogen (secondary N) is 3. The van der Waals surface area contributed by atoms with E-state index in [0.717, 1.165) is 38.7 Å². The van der Waals surface area contributed by atoms with Gasteiger partial charge >= 0.3 is 0 Å². The number of pyridine rings is 2. The normalized spacial score (nSPS) is 11.4. The molecule has 4 heterocycles. The van der Waals surface area contributed by atoms with Crippen molar-refractivity contribution in [2.24, 2.45) is 11.7 Å². The Hall–Kier alpha value is -5.38. The fourth-order valence-corrected chi connectivity index (χ4v) is 4.39. The molecule has 2 amide bonds. The number of carbonyl (C=O) groups is 2. The van der Waals surface area contributed by atoms with E-state index in [2.05, 4.69) is 30.5 Å². The van der Waals surface area contributed by atoms with Crippen LogP contribution in [0, 0.1) is 5.92 Å². The summed E-state index contributed by atoms with van der Waals surface area (Å²) in [6.45, 7) is 3.68. The van der Waals surface area contributed by atoms with Crippen LogP contribution in [0.1, 0.15) is 24.2 Å². The third-order valence-corrected chi connectivity index (χ3v) is 6.50. The number of nitrogens with two attached hydrogens (primary N) is 1. The first kappa shape index (κ1) is 24.0. The molecule has 6 aromatic rings. The third-order valence-electron chi connectivity index (χ3n) is 6.50. The predicted octanol–water partition coefficient (Wildman–Crippen LogP) is 4.92. The van der Waals surface area contributed by atoms with Gasteiger partial charge < -0.3 is 16.0 Å². The van der Waals surface area contributed by atoms with Crippen LogP contribution in [0.5, 0.6) is 0 Å². The van der Waals surface area contributed by atoms with Crippen molar-refractivity contribution in [2.45, 2.75) is 13.8 Å². The van der Waals surface area contributed by atoms with Gasteiger partial charge in [0.2, 0.25) is 11.8 Å². The summed E-state index contributed by atoms with van der Waals surface area (Å²) in [5.74, 6) is -0.0702. The topological polar surface area (TPSA) is 155 Å². The lowest BCUT2D eigenvalue weighted by Crippen LogP contribution is -2.17. The average molecular weight is 517 g/mol. The molecule has 0 fully saturated rings. The van der Waals surface area contributed by atoms with Gasteiger partial charge in [-0.25, -0.2) is 9.97 Å². The van der Waals surface area contributed by atoms with Crippen LogP contribution in [0.15, 0.2) is 73.2 Å². The van der Waals surface area contributed by atoms with Crippen LogP contribution in [0.4, 0.5) is 5.69 Å². The van der Waals surface area contributed by atoms with Crippen LogP contribution >= 0.6 is 0 Å². The molecule has 6 rings (SSSR count). The maximum absolute atomic E-state index is 12.1. The lowest BCUT2D eigenvalue weighted by atomic mass is 10.0. The van der Waals surface area contributed by atoms with Crippen LogP contribution in [-0.4, -0.2) is 41.9 Å². The Morgan fingerprint density at radius 3 is 2.51 bits per heavy atom. The summed E-state index contributed by atoms with van der Waals surface area (Å²) < 4.78 is 0. The maximum Gasteiger partial charge on any atom is 0.248 e. The van der Waals surface area contributed by atoms with Crippen LogP contribution < -0.4 is 11.1 Å². The highest BCUT2D eigenvalue weighted by molar-refractivity contribution is 5.98. The predicted molar refractivity (Wildman–Crippen MR) is 150 cm³/mol. The summed E-state index contributed by atoms with van der Waals surface area (Å²) in [5.41, 5.74) is 12.8. The van der Waals surface area contributed by atoms with Gasteiger partial charge in [-0.1, -0.05) is 38.1 Å². The number of imidazole rings is 1.